The second-order valence-electron chi connectivity index (χ2n) is 8.56. The number of halogens is 1. The van der Waals surface area contributed by atoms with Crippen LogP contribution in [0, 0.1) is 18.7 Å². The van der Waals surface area contributed by atoms with Crippen molar-refractivity contribution in [3.8, 4) is 5.75 Å². The highest BCUT2D eigenvalue weighted by atomic mass is 19.1. The molecule has 9 heteroatoms. The van der Waals surface area contributed by atoms with Gasteiger partial charge in [0.2, 0.25) is 5.91 Å². The summed E-state index contributed by atoms with van der Waals surface area (Å²) in [5.41, 5.74) is 0.298. The van der Waals surface area contributed by atoms with Crippen LogP contribution in [0.1, 0.15) is 29.1 Å². The number of aromatic nitrogens is 1. The van der Waals surface area contributed by atoms with Crippen molar-refractivity contribution in [3.63, 3.8) is 0 Å². The highest BCUT2D eigenvalue weighted by molar-refractivity contribution is 5.93. The monoisotopic (exact) mass is 444 g/mol. The zero-order valence-corrected chi connectivity index (χ0v) is 18.5. The molecule has 1 aromatic carbocycles. The van der Waals surface area contributed by atoms with E-state index >= 15 is 0 Å². The van der Waals surface area contributed by atoms with Crippen LogP contribution in [0.15, 0.2) is 35.1 Å². The van der Waals surface area contributed by atoms with Gasteiger partial charge in [-0.2, -0.15) is 0 Å². The molecule has 2 aliphatic heterocycles. The first kappa shape index (κ1) is 22.3. The maximum absolute atomic E-state index is 13.3. The van der Waals surface area contributed by atoms with Crippen LogP contribution < -0.4 is 4.74 Å². The minimum atomic E-state index is -0.331. The molecule has 0 bridgehead atoms. The summed E-state index contributed by atoms with van der Waals surface area (Å²) in [4.78, 5) is 35.9. The van der Waals surface area contributed by atoms with Gasteiger partial charge < -0.3 is 23.9 Å². The van der Waals surface area contributed by atoms with Crippen molar-refractivity contribution in [1.82, 2.24) is 19.7 Å². The van der Waals surface area contributed by atoms with Crippen LogP contribution in [-0.2, 0) is 4.79 Å². The van der Waals surface area contributed by atoms with Gasteiger partial charge >= 0.3 is 0 Å². The van der Waals surface area contributed by atoms with Crippen molar-refractivity contribution in [3.05, 3.63) is 47.9 Å². The Labute approximate surface area is 186 Å². The van der Waals surface area contributed by atoms with Gasteiger partial charge in [-0.25, -0.2) is 9.37 Å². The molecule has 0 N–H and O–H groups in total. The lowest BCUT2D eigenvalue weighted by Crippen LogP contribution is -2.51. The van der Waals surface area contributed by atoms with E-state index in [1.807, 2.05) is 11.9 Å². The largest absolute Gasteiger partial charge is 0.490 e. The molecular formula is C23H29FN4O4. The number of hydrogen-bond acceptors (Lipinski definition) is 6. The van der Waals surface area contributed by atoms with Crippen molar-refractivity contribution < 1.29 is 23.1 Å². The number of ether oxygens (including phenoxy) is 1. The lowest BCUT2D eigenvalue weighted by Gasteiger charge is -2.39. The second kappa shape index (κ2) is 9.68. The Hall–Kier alpha value is -2.94. The van der Waals surface area contributed by atoms with Crippen LogP contribution in [0.4, 0.5) is 4.39 Å². The summed E-state index contributed by atoms with van der Waals surface area (Å²) >= 11 is 0. The zero-order chi connectivity index (χ0) is 22.7. The topological polar surface area (TPSA) is 79.1 Å². The summed E-state index contributed by atoms with van der Waals surface area (Å²) < 4.78 is 24.6. The molecule has 8 nitrogen and oxygen atoms in total. The normalized spacial score (nSPS) is 22.1. The third-order valence-corrected chi connectivity index (χ3v) is 6.29. The van der Waals surface area contributed by atoms with E-state index in [1.54, 1.807) is 24.0 Å². The summed E-state index contributed by atoms with van der Waals surface area (Å²) in [6.07, 6.45) is 1.87. The fraction of sp³-hybridized carbons (Fsp3) is 0.522. The van der Waals surface area contributed by atoms with E-state index < -0.39 is 0 Å². The molecule has 0 radical (unpaired) electrons. The summed E-state index contributed by atoms with van der Waals surface area (Å²) in [6, 6.07) is 5.88. The maximum Gasteiger partial charge on any atom is 0.276 e. The summed E-state index contributed by atoms with van der Waals surface area (Å²) in [5.74, 6) is 0.390. The number of piperazine rings is 1. The van der Waals surface area contributed by atoms with Crippen molar-refractivity contribution >= 4 is 11.8 Å². The molecular weight excluding hydrogens is 415 g/mol. The van der Waals surface area contributed by atoms with E-state index in [9.17, 15) is 14.0 Å². The number of amides is 2. The Kier molecular flexibility index (Phi) is 6.74. The molecule has 3 heterocycles. The molecule has 0 unspecified atom stereocenters. The third-order valence-electron chi connectivity index (χ3n) is 6.29. The van der Waals surface area contributed by atoms with Gasteiger partial charge in [0.1, 0.15) is 23.4 Å². The van der Waals surface area contributed by atoms with E-state index in [-0.39, 0.29) is 36.1 Å². The number of oxazole rings is 1. The van der Waals surface area contributed by atoms with E-state index in [0.717, 1.165) is 13.1 Å². The number of piperidine rings is 1. The molecule has 0 aliphatic carbocycles. The molecule has 0 saturated carbocycles. The number of likely N-dealkylation sites (tertiary alicyclic amines) is 1. The Morgan fingerprint density at radius 3 is 2.50 bits per heavy atom. The van der Waals surface area contributed by atoms with Crippen LogP contribution in [0.5, 0.6) is 5.75 Å². The van der Waals surface area contributed by atoms with Gasteiger partial charge in [-0.05, 0) is 38.2 Å². The molecule has 32 heavy (non-hydrogen) atoms. The Balaban J connectivity index is 1.48. The van der Waals surface area contributed by atoms with Crippen LogP contribution in [0.25, 0.3) is 0 Å². The van der Waals surface area contributed by atoms with Crippen molar-refractivity contribution in [2.75, 3.05) is 46.3 Å². The molecule has 2 amide bonds. The molecule has 0 spiro atoms. The van der Waals surface area contributed by atoms with E-state index in [2.05, 4.69) is 9.88 Å². The van der Waals surface area contributed by atoms with Crippen LogP contribution in [0.3, 0.4) is 0 Å². The van der Waals surface area contributed by atoms with Gasteiger partial charge in [0, 0.05) is 58.0 Å². The number of benzene rings is 1. The van der Waals surface area contributed by atoms with Crippen molar-refractivity contribution in [1.29, 1.82) is 0 Å². The molecule has 4 rings (SSSR count). The van der Waals surface area contributed by atoms with Crippen LogP contribution >= 0.6 is 0 Å². The van der Waals surface area contributed by atoms with E-state index in [1.165, 1.54) is 18.5 Å². The van der Waals surface area contributed by atoms with Crippen LogP contribution in [-0.4, -0.2) is 83.9 Å². The zero-order valence-electron chi connectivity index (χ0n) is 18.5. The molecule has 2 atom stereocenters. The summed E-state index contributed by atoms with van der Waals surface area (Å²) in [6.45, 7) is 5.67. The lowest BCUT2D eigenvalue weighted by molar-refractivity contribution is -0.135. The minimum absolute atomic E-state index is 0.0720. The molecule has 2 fully saturated rings. The second-order valence-corrected chi connectivity index (χ2v) is 8.56. The Morgan fingerprint density at radius 1 is 1.12 bits per heavy atom. The first-order valence-electron chi connectivity index (χ1n) is 11.0. The minimum Gasteiger partial charge on any atom is -0.490 e. The number of aryl methyl sites for hydroxylation is 1. The Morgan fingerprint density at radius 2 is 1.84 bits per heavy atom. The van der Waals surface area contributed by atoms with Gasteiger partial charge in [0.05, 0.1) is 0 Å². The van der Waals surface area contributed by atoms with Gasteiger partial charge in [0.15, 0.2) is 12.1 Å². The van der Waals surface area contributed by atoms with Gasteiger partial charge in [-0.15, -0.1) is 0 Å². The lowest BCUT2D eigenvalue weighted by atomic mass is 9.90. The van der Waals surface area contributed by atoms with Gasteiger partial charge in [-0.1, -0.05) is 0 Å². The SMILES string of the molecule is Cc1ocnc1C(=O)N1CC[C@H](Oc2ccc(F)cc2)[C@@H](CC(=O)N2CCN(C)CC2)C1. The highest BCUT2D eigenvalue weighted by Gasteiger charge is 2.36. The summed E-state index contributed by atoms with van der Waals surface area (Å²) in [7, 11) is 2.05. The first-order chi connectivity index (χ1) is 15.4. The molecule has 1 aromatic heterocycles. The molecule has 2 aromatic rings. The number of rotatable bonds is 5. The number of nitrogens with zero attached hydrogens (tertiary/aromatic N) is 4. The van der Waals surface area contributed by atoms with Crippen LogP contribution in [0.2, 0.25) is 0 Å². The number of carbonyl (C=O) groups excluding carboxylic acids is 2. The number of hydrogen-bond donors (Lipinski definition) is 0. The van der Waals surface area contributed by atoms with Crippen molar-refractivity contribution in [2.45, 2.75) is 25.9 Å². The predicted molar refractivity (Wildman–Crippen MR) is 115 cm³/mol. The molecule has 2 aliphatic rings. The average molecular weight is 445 g/mol. The average Bonchev–Trinajstić information content (AvgIpc) is 3.22. The first-order valence-corrected chi connectivity index (χ1v) is 11.0. The van der Waals surface area contributed by atoms with Gasteiger partial charge in [0.25, 0.3) is 5.91 Å². The van der Waals surface area contributed by atoms with E-state index in [4.69, 9.17) is 9.15 Å². The predicted octanol–water partition coefficient (Wildman–Crippen LogP) is 2.20. The van der Waals surface area contributed by atoms with Crippen molar-refractivity contribution in [2.24, 2.45) is 5.92 Å². The fourth-order valence-electron chi connectivity index (χ4n) is 4.30. The molecule has 2 saturated heterocycles. The van der Waals surface area contributed by atoms with Gasteiger partial charge in [-0.3, -0.25) is 9.59 Å². The summed E-state index contributed by atoms with van der Waals surface area (Å²) in [5, 5.41) is 0. The highest BCUT2D eigenvalue weighted by Crippen LogP contribution is 2.28. The van der Waals surface area contributed by atoms with E-state index in [0.29, 0.717) is 49.8 Å². The number of carbonyl (C=O) groups is 2. The third kappa shape index (κ3) is 5.09. The Bertz CT molecular complexity index is 940. The quantitative estimate of drug-likeness (QED) is 0.704. The smallest absolute Gasteiger partial charge is 0.276 e. The number of likely N-dealkylation sites (N-methyl/N-ethyl adjacent to an activating group) is 1. The maximum atomic E-state index is 13.3. The fourth-order valence-corrected chi connectivity index (χ4v) is 4.30. The molecule has 172 valence electrons. The standard InChI is InChI=1S/C23H29FN4O4/c1-16-22(25-15-31-16)23(30)28-8-7-20(32-19-5-3-18(24)4-6-19)17(14-28)13-21(29)27-11-9-26(2)10-12-27/h3-6,15,17,20H,7-14H2,1-2H3/t17-,20-/m0/s1.